The molecule has 0 unspecified atom stereocenters. The van der Waals surface area contributed by atoms with Gasteiger partial charge < -0.3 is 0 Å². The van der Waals surface area contributed by atoms with Crippen LogP contribution in [0.2, 0.25) is 0 Å². The summed E-state index contributed by atoms with van der Waals surface area (Å²) in [5.41, 5.74) is 3.93. The first-order valence-corrected chi connectivity index (χ1v) is 5.91. The third kappa shape index (κ3) is 2.78. The maximum Gasteiger partial charge on any atom is 0.187 e. The molecular formula is C17H13N. The topological polar surface area (TPSA) is 4.36 Å². The van der Waals surface area contributed by atoms with Crippen molar-refractivity contribution in [1.29, 1.82) is 0 Å². The predicted molar refractivity (Wildman–Crippen MR) is 74.5 cm³/mol. The van der Waals surface area contributed by atoms with Crippen LogP contribution in [0.4, 0.5) is 5.69 Å². The molecule has 18 heavy (non-hydrogen) atoms. The molecule has 2 rings (SSSR count). The van der Waals surface area contributed by atoms with Gasteiger partial charge in [0, 0.05) is 11.1 Å². The first kappa shape index (κ1) is 12.0. The number of benzene rings is 2. The predicted octanol–water partition coefficient (Wildman–Crippen LogP) is 4.20. The van der Waals surface area contributed by atoms with E-state index in [0.29, 0.717) is 5.69 Å². The molecule has 0 atom stereocenters. The summed E-state index contributed by atoms with van der Waals surface area (Å²) in [6.45, 7) is 9.02. The molecule has 0 bridgehead atoms. The fourth-order valence-corrected chi connectivity index (χ4v) is 1.71. The quantitative estimate of drug-likeness (QED) is 0.512. The Bertz CT molecular complexity index is 634. The average molecular weight is 231 g/mol. The summed E-state index contributed by atoms with van der Waals surface area (Å²) in [5.74, 6) is 6.32. The van der Waals surface area contributed by atoms with Crippen LogP contribution in [0.1, 0.15) is 23.6 Å². The van der Waals surface area contributed by atoms with Crippen molar-refractivity contribution in [3.05, 3.63) is 76.6 Å². The van der Waals surface area contributed by atoms with E-state index >= 15 is 0 Å². The second kappa shape index (κ2) is 5.71. The van der Waals surface area contributed by atoms with E-state index in [-0.39, 0.29) is 0 Å². The summed E-state index contributed by atoms with van der Waals surface area (Å²) >= 11 is 0. The third-order valence-corrected chi connectivity index (χ3v) is 2.74. The second-order valence-electron chi connectivity index (χ2n) is 3.92. The van der Waals surface area contributed by atoms with Gasteiger partial charge in [0.25, 0.3) is 0 Å². The molecule has 0 heterocycles. The molecule has 2 aromatic carbocycles. The van der Waals surface area contributed by atoms with Crippen molar-refractivity contribution in [2.45, 2.75) is 13.3 Å². The molecule has 1 nitrogen and oxygen atoms in total. The van der Waals surface area contributed by atoms with E-state index in [1.807, 2.05) is 30.3 Å². The van der Waals surface area contributed by atoms with E-state index in [1.165, 1.54) is 5.56 Å². The Morgan fingerprint density at radius 2 is 1.72 bits per heavy atom. The molecule has 0 aliphatic rings. The van der Waals surface area contributed by atoms with Crippen molar-refractivity contribution in [2.75, 3.05) is 0 Å². The smallest absolute Gasteiger partial charge is 0.187 e. The summed E-state index contributed by atoms with van der Waals surface area (Å²) in [4.78, 5) is 3.36. The minimum atomic E-state index is 0.648. The lowest BCUT2D eigenvalue weighted by molar-refractivity contribution is 1.13. The van der Waals surface area contributed by atoms with Crippen LogP contribution < -0.4 is 0 Å². The van der Waals surface area contributed by atoms with Crippen molar-refractivity contribution in [3.63, 3.8) is 0 Å². The van der Waals surface area contributed by atoms with Crippen molar-refractivity contribution in [3.8, 4) is 11.8 Å². The van der Waals surface area contributed by atoms with Crippen molar-refractivity contribution >= 4 is 5.69 Å². The Balaban J connectivity index is 2.28. The minimum Gasteiger partial charge on any atom is -0.238 e. The van der Waals surface area contributed by atoms with Crippen LogP contribution >= 0.6 is 0 Å². The largest absolute Gasteiger partial charge is 0.238 e. The Hall–Kier alpha value is -2.51. The first-order valence-electron chi connectivity index (χ1n) is 5.91. The molecule has 2 aromatic rings. The Labute approximate surface area is 108 Å². The van der Waals surface area contributed by atoms with Gasteiger partial charge in [-0.15, -0.1) is 0 Å². The normalized spacial score (nSPS) is 9.11. The van der Waals surface area contributed by atoms with E-state index in [0.717, 1.165) is 17.5 Å². The monoisotopic (exact) mass is 231 g/mol. The third-order valence-electron chi connectivity index (χ3n) is 2.74. The average Bonchev–Trinajstić information content (AvgIpc) is 2.46. The van der Waals surface area contributed by atoms with Gasteiger partial charge in [-0.05, 0) is 18.1 Å². The highest BCUT2D eigenvalue weighted by Crippen LogP contribution is 2.12. The molecule has 0 spiro atoms. The van der Waals surface area contributed by atoms with Crippen LogP contribution in [0.15, 0.2) is 48.5 Å². The van der Waals surface area contributed by atoms with Crippen LogP contribution in [0.25, 0.3) is 4.85 Å². The van der Waals surface area contributed by atoms with Crippen LogP contribution in [0.5, 0.6) is 0 Å². The SMILES string of the molecule is [C-]#[N+]c1ccc(C#Cc2ccccc2CC)cc1. The summed E-state index contributed by atoms with van der Waals surface area (Å²) in [5, 5.41) is 0. The molecular weight excluding hydrogens is 218 g/mol. The Morgan fingerprint density at radius 3 is 2.39 bits per heavy atom. The van der Waals surface area contributed by atoms with Gasteiger partial charge in [0.2, 0.25) is 0 Å². The van der Waals surface area contributed by atoms with Gasteiger partial charge in [0.15, 0.2) is 5.69 Å². The van der Waals surface area contributed by atoms with Crippen molar-refractivity contribution in [2.24, 2.45) is 0 Å². The molecule has 0 aliphatic heterocycles. The zero-order chi connectivity index (χ0) is 12.8. The highest BCUT2D eigenvalue weighted by atomic mass is 14.6. The van der Waals surface area contributed by atoms with Crippen molar-refractivity contribution in [1.82, 2.24) is 0 Å². The maximum absolute atomic E-state index is 6.89. The first-order chi connectivity index (χ1) is 8.83. The maximum atomic E-state index is 6.89. The van der Waals surface area contributed by atoms with Gasteiger partial charge in [-0.1, -0.05) is 61.2 Å². The van der Waals surface area contributed by atoms with Crippen LogP contribution in [0.3, 0.4) is 0 Å². The fourth-order valence-electron chi connectivity index (χ4n) is 1.71. The molecule has 0 saturated carbocycles. The molecule has 0 aliphatic carbocycles. The van der Waals surface area contributed by atoms with Crippen LogP contribution in [-0.4, -0.2) is 0 Å². The molecule has 1 heteroatoms. The zero-order valence-corrected chi connectivity index (χ0v) is 10.3. The lowest BCUT2D eigenvalue weighted by Gasteiger charge is -1.99. The van der Waals surface area contributed by atoms with E-state index in [1.54, 1.807) is 12.1 Å². The van der Waals surface area contributed by atoms with Gasteiger partial charge in [0.05, 0.1) is 6.57 Å². The van der Waals surface area contributed by atoms with Gasteiger partial charge in [-0.25, -0.2) is 4.85 Å². The van der Waals surface area contributed by atoms with Crippen LogP contribution in [0, 0.1) is 18.4 Å². The standard InChI is InChI=1S/C17H13N/c1-3-15-6-4-5-7-16(15)11-8-14-9-12-17(18-2)13-10-14/h4-7,9-10,12-13H,3H2,1H3. The number of nitrogens with zero attached hydrogens (tertiary/aromatic N) is 1. The van der Waals surface area contributed by atoms with E-state index in [4.69, 9.17) is 6.57 Å². The second-order valence-corrected chi connectivity index (χ2v) is 3.92. The molecule has 0 amide bonds. The summed E-state index contributed by atoms with van der Waals surface area (Å²) in [7, 11) is 0. The lowest BCUT2D eigenvalue weighted by atomic mass is 10.1. The van der Waals surface area contributed by atoms with E-state index < -0.39 is 0 Å². The van der Waals surface area contributed by atoms with Crippen LogP contribution in [-0.2, 0) is 6.42 Å². The van der Waals surface area contributed by atoms with E-state index in [9.17, 15) is 0 Å². The number of hydrogen-bond acceptors (Lipinski definition) is 0. The molecule has 86 valence electrons. The molecule has 0 radical (unpaired) electrons. The van der Waals surface area contributed by atoms with Gasteiger partial charge in [0.1, 0.15) is 0 Å². The molecule has 0 N–H and O–H groups in total. The van der Waals surface area contributed by atoms with Gasteiger partial charge >= 0.3 is 0 Å². The number of rotatable bonds is 1. The number of aryl methyl sites for hydroxylation is 1. The lowest BCUT2D eigenvalue weighted by Crippen LogP contribution is -1.85. The molecule has 0 saturated heterocycles. The van der Waals surface area contributed by atoms with Crippen molar-refractivity contribution < 1.29 is 0 Å². The molecule has 0 fully saturated rings. The highest BCUT2D eigenvalue weighted by Gasteiger charge is 1.95. The summed E-state index contributed by atoms with van der Waals surface area (Å²) in [6.07, 6.45) is 0.988. The van der Waals surface area contributed by atoms with Gasteiger partial charge in [-0.2, -0.15) is 0 Å². The summed E-state index contributed by atoms with van der Waals surface area (Å²) < 4.78 is 0. The summed E-state index contributed by atoms with van der Waals surface area (Å²) in [6, 6.07) is 15.5. The molecule has 0 aromatic heterocycles. The Kier molecular flexibility index (Phi) is 3.79. The fraction of sp³-hybridized carbons (Fsp3) is 0.118. The minimum absolute atomic E-state index is 0.648. The highest BCUT2D eigenvalue weighted by molar-refractivity contribution is 5.51. The zero-order valence-electron chi connectivity index (χ0n) is 10.3. The van der Waals surface area contributed by atoms with Gasteiger partial charge in [-0.3, -0.25) is 0 Å². The van der Waals surface area contributed by atoms with E-state index in [2.05, 4.69) is 29.7 Å². The number of hydrogen-bond donors (Lipinski definition) is 0. The Morgan fingerprint density at radius 1 is 1.00 bits per heavy atom.